The van der Waals surface area contributed by atoms with Gasteiger partial charge in [0.15, 0.2) is 5.78 Å². The number of rotatable bonds is 2. The fourth-order valence-corrected chi connectivity index (χ4v) is 2.10. The molecule has 2 rings (SSSR count). The molecule has 0 aromatic carbocycles. The van der Waals surface area contributed by atoms with Crippen molar-refractivity contribution in [3.63, 3.8) is 0 Å². The molecule has 78 valence electrons. The second-order valence-corrected chi connectivity index (χ2v) is 4.18. The predicted octanol–water partition coefficient (Wildman–Crippen LogP) is 2.73. The molecule has 0 amide bonds. The lowest BCUT2D eigenvalue weighted by molar-refractivity contribution is -0.112. The molecule has 0 aliphatic heterocycles. The molecule has 2 nitrogen and oxygen atoms in total. The Morgan fingerprint density at radius 2 is 2.33 bits per heavy atom. The SMILES string of the molecule is CC(=O)/C=C/c1cncc2c1CC[C@H]2C. The first-order valence-corrected chi connectivity index (χ1v) is 5.34. The summed E-state index contributed by atoms with van der Waals surface area (Å²) in [5.74, 6) is 0.692. The highest BCUT2D eigenvalue weighted by atomic mass is 16.1. The summed E-state index contributed by atoms with van der Waals surface area (Å²) < 4.78 is 0. The van der Waals surface area contributed by atoms with Crippen LogP contribution in [0.2, 0.25) is 0 Å². The summed E-state index contributed by atoms with van der Waals surface area (Å²) >= 11 is 0. The Hall–Kier alpha value is -1.44. The largest absolute Gasteiger partial charge is 0.295 e. The minimum absolute atomic E-state index is 0.0821. The molecule has 0 saturated carbocycles. The summed E-state index contributed by atoms with van der Waals surface area (Å²) in [5, 5.41) is 0. The molecule has 1 aliphatic rings. The highest BCUT2D eigenvalue weighted by Crippen LogP contribution is 2.34. The van der Waals surface area contributed by atoms with Gasteiger partial charge in [-0.25, -0.2) is 0 Å². The molecule has 1 aliphatic carbocycles. The van der Waals surface area contributed by atoms with Gasteiger partial charge in [-0.3, -0.25) is 9.78 Å². The first-order chi connectivity index (χ1) is 7.18. The van der Waals surface area contributed by atoms with Gasteiger partial charge in [0, 0.05) is 12.4 Å². The number of fused-ring (bicyclic) bond motifs is 1. The van der Waals surface area contributed by atoms with E-state index in [1.807, 2.05) is 18.5 Å². The molecular weight excluding hydrogens is 186 g/mol. The van der Waals surface area contributed by atoms with Crippen LogP contribution in [-0.2, 0) is 11.2 Å². The average molecular weight is 201 g/mol. The highest BCUT2D eigenvalue weighted by molar-refractivity contribution is 5.91. The predicted molar refractivity (Wildman–Crippen MR) is 60.7 cm³/mol. The Morgan fingerprint density at radius 1 is 1.53 bits per heavy atom. The van der Waals surface area contributed by atoms with Crippen LogP contribution in [-0.4, -0.2) is 10.8 Å². The van der Waals surface area contributed by atoms with Crippen molar-refractivity contribution < 1.29 is 4.79 Å². The minimum atomic E-state index is 0.0821. The summed E-state index contributed by atoms with van der Waals surface area (Å²) in [7, 11) is 0. The summed E-state index contributed by atoms with van der Waals surface area (Å²) in [4.78, 5) is 15.1. The number of carbonyl (C=O) groups excluding carboxylic acids is 1. The maximum atomic E-state index is 10.9. The van der Waals surface area contributed by atoms with Crippen LogP contribution in [0.15, 0.2) is 18.5 Å². The lowest BCUT2D eigenvalue weighted by Crippen LogP contribution is -1.92. The van der Waals surface area contributed by atoms with Gasteiger partial charge in [0.2, 0.25) is 0 Å². The van der Waals surface area contributed by atoms with E-state index in [1.165, 1.54) is 17.5 Å². The lowest BCUT2D eigenvalue weighted by atomic mass is 10.0. The molecular formula is C13H15NO. The topological polar surface area (TPSA) is 30.0 Å². The van der Waals surface area contributed by atoms with Crippen LogP contribution >= 0.6 is 0 Å². The Morgan fingerprint density at radius 3 is 3.07 bits per heavy atom. The smallest absolute Gasteiger partial charge is 0.152 e. The average Bonchev–Trinajstić information content (AvgIpc) is 2.58. The molecule has 0 bridgehead atoms. The van der Waals surface area contributed by atoms with E-state index >= 15 is 0 Å². The van der Waals surface area contributed by atoms with Gasteiger partial charge in [0.05, 0.1) is 0 Å². The van der Waals surface area contributed by atoms with E-state index in [0.29, 0.717) is 5.92 Å². The van der Waals surface area contributed by atoms with Crippen LogP contribution in [0, 0.1) is 0 Å². The molecule has 1 heterocycles. The van der Waals surface area contributed by atoms with Gasteiger partial charge in [0.1, 0.15) is 0 Å². The van der Waals surface area contributed by atoms with Gasteiger partial charge in [-0.2, -0.15) is 0 Å². The van der Waals surface area contributed by atoms with Crippen molar-refractivity contribution in [2.75, 3.05) is 0 Å². The van der Waals surface area contributed by atoms with Crippen LogP contribution in [0.4, 0.5) is 0 Å². The maximum Gasteiger partial charge on any atom is 0.152 e. The zero-order valence-corrected chi connectivity index (χ0v) is 9.16. The molecule has 0 saturated heterocycles. The first-order valence-electron chi connectivity index (χ1n) is 5.34. The standard InChI is InChI=1S/C13H15NO/c1-9-3-6-12-11(5-4-10(2)15)7-14-8-13(9)12/h4-5,7-9H,3,6H2,1-2H3/b5-4+/t9-/m1/s1. The number of hydrogen-bond acceptors (Lipinski definition) is 2. The number of ketones is 1. The Bertz CT molecular complexity index is 421. The third-order valence-electron chi connectivity index (χ3n) is 2.98. The molecule has 0 fully saturated rings. The van der Waals surface area contributed by atoms with Crippen molar-refractivity contribution in [1.29, 1.82) is 0 Å². The summed E-state index contributed by atoms with van der Waals surface area (Å²) in [5.41, 5.74) is 3.82. The fraction of sp³-hybridized carbons (Fsp3) is 0.385. The first kappa shape index (κ1) is 10.1. The molecule has 1 atom stereocenters. The van der Waals surface area contributed by atoms with Crippen molar-refractivity contribution >= 4 is 11.9 Å². The normalized spacial score (nSPS) is 19.5. The third kappa shape index (κ3) is 1.99. The number of nitrogens with zero attached hydrogens (tertiary/aromatic N) is 1. The number of hydrogen-bond donors (Lipinski definition) is 0. The van der Waals surface area contributed by atoms with Gasteiger partial charge in [-0.15, -0.1) is 0 Å². The van der Waals surface area contributed by atoms with Gasteiger partial charge >= 0.3 is 0 Å². The molecule has 0 radical (unpaired) electrons. The zero-order chi connectivity index (χ0) is 10.8. The van der Waals surface area contributed by atoms with Gasteiger partial charge in [-0.05, 0) is 54.5 Å². The number of pyridine rings is 1. The zero-order valence-electron chi connectivity index (χ0n) is 9.16. The van der Waals surface area contributed by atoms with Gasteiger partial charge in [0.25, 0.3) is 0 Å². The third-order valence-corrected chi connectivity index (χ3v) is 2.98. The highest BCUT2D eigenvalue weighted by Gasteiger charge is 2.20. The maximum absolute atomic E-state index is 10.9. The second kappa shape index (κ2) is 3.97. The van der Waals surface area contributed by atoms with E-state index in [4.69, 9.17) is 0 Å². The Kier molecular flexibility index (Phi) is 2.67. The van der Waals surface area contributed by atoms with Gasteiger partial charge < -0.3 is 0 Å². The van der Waals surface area contributed by atoms with E-state index < -0.39 is 0 Å². The fourth-order valence-electron chi connectivity index (χ4n) is 2.10. The van der Waals surface area contributed by atoms with Crippen molar-refractivity contribution in [3.05, 3.63) is 35.2 Å². The van der Waals surface area contributed by atoms with Crippen LogP contribution in [0.3, 0.4) is 0 Å². The molecule has 0 unspecified atom stereocenters. The Balaban J connectivity index is 2.38. The monoisotopic (exact) mass is 201 g/mol. The summed E-state index contributed by atoms with van der Waals surface area (Å²) in [6.45, 7) is 3.79. The summed E-state index contributed by atoms with van der Waals surface area (Å²) in [6, 6.07) is 0. The number of aromatic nitrogens is 1. The Labute approximate surface area is 90.0 Å². The molecule has 1 aromatic rings. The molecule has 2 heteroatoms. The van der Waals surface area contributed by atoms with E-state index in [9.17, 15) is 4.79 Å². The molecule has 15 heavy (non-hydrogen) atoms. The molecule has 0 N–H and O–H groups in total. The van der Waals surface area contributed by atoms with E-state index in [1.54, 1.807) is 13.0 Å². The lowest BCUT2D eigenvalue weighted by Gasteiger charge is -2.05. The van der Waals surface area contributed by atoms with Crippen molar-refractivity contribution in [3.8, 4) is 0 Å². The van der Waals surface area contributed by atoms with Crippen molar-refractivity contribution in [2.24, 2.45) is 0 Å². The van der Waals surface area contributed by atoms with E-state index in [-0.39, 0.29) is 5.78 Å². The minimum Gasteiger partial charge on any atom is -0.295 e. The molecule has 0 spiro atoms. The number of allylic oxidation sites excluding steroid dienone is 1. The van der Waals surface area contributed by atoms with Gasteiger partial charge in [-0.1, -0.05) is 6.92 Å². The second-order valence-electron chi connectivity index (χ2n) is 4.18. The van der Waals surface area contributed by atoms with E-state index in [2.05, 4.69) is 11.9 Å². The van der Waals surface area contributed by atoms with Crippen LogP contribution < -0.4 is 0 Å². The van der Waals surface area contributed by atoms with Crippen molar-refractivity contribution in [2.45, 2.75) is 32.6 Å². The number of carbonyl (C=O) groups is 1. The quantitative estimate of drug-likeness (QED) is 0.689. The van der Waals surface area contributed by atoms with Crippen LogP contribution in [0.1, 0.15) is 42.9 Å². The molecule has 1 aromatic heterocycles. The van der Waals surface area contributed by atoms with E-state index in [0.717, 1.165) is 12.0 Å². The van der Waals surface area contributed by atoms with Crippen molar-refractivity contribution in [1.82, 2.24) is 4.98 Å². The van der Waals surface area contributed by atoms with Crippen LogP contribution in [0.25, 0.3) is 6.08 Å². The van der Waals surface area contributed by atoms with Crippen LogP contribution in [0.5, 0.6) is 0 Å². The summed E-state index contributed by atoms with van der Waals surface area (Å²) in [6.07, 6.45) is 9.60.